The third-order valence-corrected chi connectivity index (χ3v) is 11.0. The molecule has 0 spiro atoms. The Bertz CT molecular complexity index is 3220. The van der Waals surface area contributed by atoms with E-state index in [1.54, 1.807) is 0 Å². The predicted molar refractivity (Wildman–Crippen MR) is 232 cm³/mol. The summed E-state index contributed by atoms with van der Waals surface area (Å²) < 4.78 is 18.8. The number of rotatable bonds is 6. The van der Waals surface area contributed by atoms with Crippen LogP contribution in [0.1, 0.15) is 0 Å². The van der Waals surface area contributed by atoms with E-state index in [4.69, 9.17) is 9.97 Å². The minimum atomic E-state index is -0.251. The van der Waals surface area contributed by atoms with Gasteiger partial charge in [0.25, 0.3) is 0 Å². The lowest BCUT2D eigenvalue weighted by Crippen LogP contribution is -1.96. The maximum absolute atomic E-state index is 14.2. The first-order valence-corrected chi connectivity index (χ1v) is 19.1. The normalized spacial score (nSPS) is 11.6. The third kappa shape index (κ3) is 5.51. The summed E-state index contributed by atoms with van der Waals surface area (Å²) in [5.74, 6) is -0.251. The molecule has 0 unspecified atom stereocenters. The SMILES string of the molecule is Fc1ccc(-n2c3ccccc3c3ccc4c(c5ccccc5n4-c4ccc(-c5cccc(-c6cc(-c7ccccc7)nc(-c7ccccc7)c6)n5)cc4)c32)cc1. The average molecular weight is 733 g/mol. The number of benzene rings is 7. The van der Waals surface area contributed by atoms with E-state index in [0.29, 0.717) is 0 Å². The zero-order valence-corrected chi connectivity index (χ0v) is 30.7. The summed E-state index contributed by atoms with van der Waals surface area (Å²) in [6.07, 6.45) is 0. The van der Waals surface area contributed by atoms with Gasteiger partial charge in [0.1, 0.15) is 5.82 Å². The van der Waals surface area contributed by atoms with Gasteiger partial charge in [-0.1, -0.05) is 121 Å². The van der Waals surface area contributed by atoms with Gasteiger partial charge in [-0.25, -0.2) is 14.4 Å². The molecule has 0 amide bonds. The highest BCUT2D eigenvalue weighted by molar-refractivity contribution is 6.26. The molecule has 0 aliphatic heterocycles. The van der Waals surface area contributed by atoms with Gasteiger partial charge in [0.15, 0.2) is 0 Å². The molecule has 0 aliphatic carbocycles. The molecule has 268 valence electrons. The molecule has 0 saturated carbocycles. The van der Waals surface area contributed by atoms with Gasteiger partial charge >= 0.3 is 0 Å². The zero-order valence-electron chi connectivity index (χ0n) is 30.7. The lowest BCUT2D eigenvalue weighted by Gasteiger charge is -2.12. The maximum atomic E-state index is 14.2. The number of hydrogen-bond acceptors (Lipinski definition) is 2. The van der Waals surface area contributed by atoms with Gasteiger partial charge in [0.2, 0.25) is 0 Å². The molecule has 0 fully saturated rings. The third-order valence-electron chi connectivity index (χ3n) is 11.0. The summed E-state index contributed by atoms with van der Waals surface area (Å²) >= 11 is 0. The van der Waals surface area contributed by atoms with E-state index in [0.717, 1.165) is 100 Å². The van der Waals surface area contributed by atoms with Crippen molar-refractivity contribution in [1.29, 1.82) is 0 Å². The van der Waals surface area contributed by atoms with Crippen molar-refractivity contribution in [2.24, 2.45) is 0 Å². The molecule has 57 heavy (non-hydrogen) atoms. The molecule has 0 saturated heterocycles. The molecule has 0 aliphatic rings. The molecule has 11 aromatic rings. The van der Waals surface area contributed by atoms with Crippen LogP contribution in [-0.4, -0.2) is 19.1 Å². The molecule has 0 radical (unpaired) electrons. The van der Waals surface area contributed by atoms with Crippen molar-refractivity contribution in [2.75, 3.05) is 0 Å². The van der Waals surface area contributed by atoms with E-state index < -0.39 is 0 Å². The topological polar surface area (TPSA) is 35.6 Å². The van der Waals surface area contributed by atoms with E-state index >= 15 is 0 Å². The van der Waals surface area contributed by atoms with Gasteiger partial charge in [-0.2, -0.15) is 0 Å². The first-order chi connectivity index (χ1) is 28.2. The largest absolute Gasteiger partial charge is 0.309 e. The quantitative estimate of drug-likeness (QED) is 0.171. The van der Waals surface area contributed by atoms with Crippen molar-refractivity contribution in [3.63, 3.8) is 0 Å². The Hall–Kier alpha value is -7.63. The Labute approximate surface area is 328 Å². The van der Waals surface area contributed by atoms with Crippen molar-refractivity contribution < 1.29 is 4.39 Å². The molecule has 5 heteroatoms. The predicted octanol–water partition coefficient (Wildman–Crippen LogP) is 13.5. The summed E-state index contributed by atoms with van der Waals surface area (Å²) in [5.41, 5.74) is 14.1. The van der Waals surface area contributed by atoms with Gasteiger partial charge in [0, 0.05) is 55.2 Å². The number of halogens is 1. The highest BCUT2D eigenvalue weighted by Crippen LogP contribution is 2.42. The molecule has 0 bridgehead atoms. The van der Waals surface area contributed by atoms with Crippen molar-refractivity contribution in [3.05, 3.63) is 206 Å². The van der Waals surface area contributed by atoms with E-state index in [2.05, 4.69) is 149 Å². The van der Waals surface area contributed by atoms with Crippen molar-refractivity contribution in [2.45, 2.75) is 0 Å². The summed E-state index contributed by atoms with van der Waals surface area (Å²) in [5, 5.41) is 4.63. The van der Waals surface area contributed by atoms with E-state index in [9.17, 15) is 4.39 Å². The van der Waals surface area contributed by atoms with Crippen LogP contribution in [-0.2, 0) is 0 Å². The summed E-state index contributed by atoms with van der Waals surface area (Å²) in [4.78, 5) is 10.3. The first kappa shape index (κ1) is 32.8. The fourth-order valence-electron chi connectivity index (χ4n) is 8.37. The second kappa shape index (κ2) is 13.3. The monoisotopic (exact) mass is 732 g/mol. The standard InChI is InChI=1S/C52H33FN4/c53-38-24-28-40(29-25-38)57-48-20-9-7-16-41(48)42-30-31-50-51(52(42)57)43-17-8-10-21-49(43)56(50)39-26-22-36(23-27-39)44-18-11-19-45(54-44)37-32-46(34-12-3-1-4-13-34)55-47(33-37)35-14-5-2-6-15-35/h1-33H. The molecule has 7 aromatic carbocycles. The van der Waals surface area contributed by atoms with Crippen LogP contribution in [0.2, 0.25) is 0 Å². The zero-order chi connectivity index (χ0) is 37.9. The smallest absolute Gasteiger partial charge is 0.123 e. The second-order valence-electron chi connectivity index (χ2n) is 14.4. The fourth-order valence-corrected chi connectivity index (χ4v) is 8.37. The highest BCUT2D eigenvalue weighted by Gasteiger charge is 2.21. The molecular formula is C52H33FN4. The van der Waals surface area contributed by atoms with Crippen molar-refractivity contribution in [3.8, 4) is 56.4 Å². The molecule has 4 nitrogen and oxygen atoms in total. The summed E-state index contributed by atoms with van der Waals surface area (Å²) in [6, 6.07) is 68.1. The van der Waals surface area contributed by atoms with Crippen LogP contribution in [0.4, 0.5) is 4.39 Å². The molecular weight excluding hydrogens is 700 g/mol. The second-order valence-corrected chi connectivity index (χ2v) is 14.4. The van der Waals surface area contributed by atoms with E-state index in [1.165, 1.54) is 12.1 Å². The van der Waals surface area contributed by atoms with Gasteiger partial charge in [-0.05, 0) is 78.9 Å². The van der Waals surface area contributed by atoms with Gasteiger partial charge in [-0.3, -0.25) is 0 Å². The van der Waals surface area contributed by atoms with Crippen LogP contribution in [0.3, 0.4) is 0 Å². The van der Waals surface area contributed by atoms with Crippen LogP contribution in [0, 0.1) is 5.82 Å². The summed E-state index contributed by atoms with van der Waals surface area (Å²) in [6.45, 7) is 0. The summed E-state index contributed by atoms with van der Waals surface area (Å²) in [7, 11) is 0. The van der Waals surface area contributed by atoms with Gasteiger partial charge in [-0.15, -0.1) is 0 Å². The van der Waals surface area contributed by atoms with Crippen LogP contribution in [0.5, 0.6) is 0 Å². The van der Waals surface area contributed by atoms with Crippen LogP contribution in [0.15, 0.2) is 200 Å². The Balaban J connectivity index is 1.04. The van der Waals surface area contributed by atoms with Crippen molar-refractivity contribution >= 4 is 43.6 Å². The van der Waals surface area contributed by atoms with E-state index in [-0.39, 0.29) is 5.82 Å². The lowest BCUT2D eigenvalue weighted by atomic mass is 10.0. The maximum Gasteiger partial charge on any atom is 0.123 e. The lowest BCUT2D eigenvalue weighted by molar-refractivity contribution is 0.627. The number of para-hydroxylation sites is 2. The molecule has 4 heterocycles. The Morgan fingerprint density at radius 2 is 0.842 bits per heavy atom. The highest BCUT2D eigenvalue weighted by atomic mass is 19.1. The van der Waals surface area contributed by atoms with Crippen LogP contribution in [0.25, 0.3) is 100 Å². The van der Waals surface area contributed by atoms with E-state index in [1.807, 2.05) is 48.5 Å². The van der Waals surface area contributed by atoms with Crippen molar-refractivity contribution in [1.82, 2.24) is 19.1 Å². The molecule has 0 atom stereocenters. The fraction of sp³-hybridized carbons (Fsp3) is 0. The molecule has 11 rings (SSSR count). The van der Waals surface area contributed by atoms with Crippen LogP contribution >= 0.6 is 0 Å². The number of nitrogens with zero attached hydrogens (tertiary/aromatic N) is 4. The number of hydrogen-bond donors (Lipinski definition) is 0. The molecule has 4 aromatic heterocycles. The Morgan fingerprint density at radius 1 is 0.333 bits per heavy atom. The number of fused-ring (bicyclic) bond motifs is 7. The Morgan fingerprint density at radius 3 is 1.51 bits per heavy atom. The minimum Gasteiger partial charge on any atom is -0.309 e. The Kier molecular flexibility index (Phi) is 7.64. The van der Waals surface area contributed by atoms with Gasteiger partial charge in [0.05, 0.1) is 44.8 Å². The number of aromatic nitrogens is 4. The first-order valence-electron chi connectivity index (χ1n) is 19.1. The average Bonchev–Trinajstić information content (AvgIpc) is 3.80. The number of pyridine rings is 2. The minimum absolute atomic E-state index is 0.251. The van der Waals surface area contributed by atoms with Crippen LogP contribution < -0.4 is 0 Å². The molecule has 0 N–H and O–H groups in total. The van der Waals surface area contributed by atoms with Gasteiger partial charge < -0.3 is 9.13 Å².